The maximum atomic E-state index is 11.6. The lowest BCUT2D eigenvalue weighted by Gasteiger charge is -2.33. The Morgan fingerprint density at radius 3 is 2.55 bits per heavy atom. The van der Waals surface area contributed by atoms with Gasteiger partial charge in [0.25, 0.3) is 5.69 Å². The SMILES string of the molecule is CCC1CCN(c2ccc([N+](=O)[O-])c(C(C)=O)c2)CC1. The predicted octanol–water partition coefficient (Wildman–Crippen LogP) is 3.42. The number of anilines is 1. The lowest BCUT2D eigenvalue weighted by molar-refractivity contribution is -0.385. The molecule has 0 amide bonds. The minimum Gasteiger partial charge on any atom is -0.371 e. The van der Waals surface area contributed by atoms with Crippen LogP contribution in [-0.2, 0) is 0 Å². The Balaban J connectivity index is 2.24. The van der Waals surface area contributed by atoms with Gasteiger partial charge in [-0.3, -0.25) is 14.9 Å². The molecule has 1 aliphatic rings. The molecule has 1 fully saturated rings. The average Bonchev–Trinajstić information content (AvgIpc) is 2.46. The van der Waals surface area contributed by atoms with Gasteiger partial charge >= 0.3 is 0 Å². The molecule has 2 rings (SSSR count). The molecule has 0 aromatic heterocycles. The summed E-state index contributed by atoms with van der Waals surface area (Å²) in [7, 11) is 0. The molecule has 0 bridgehead atoms. The molecule has 0 atom stereocenters. The van der Waals surface area contributed by atoms with Crippen molar-refractivity contribution in [3.8, 4) is 0 Å². The Morgan fingerprint density at radius 1 is 1.40 bits per heavy atom. The van der Waals surface area contributed by atoms with Crippen molar-refractivity contribution < 1.29 is 9.72 Å². The lowest BCUT2D eigenvalue weighted by atomic mass is 9.94. The van der Waals surface area contributed by atoms with Crippen molar-refractivity contribution in [1.29, 1.82) is 0 Å². The zero-order valence-electron chi connectivity index (χ0n) is 12.0. The van der Waals surface area contributed by atoms with E-state index in [9.17, 15) is 14.9 Å². The summed E-state index contributed by atoms with van der Waals surface area (Å²) >= 11 is 0. The van der Waals surface area contributed by atoms with Gasteiger partial charge < -0.3 is 4.90 Å². The van der Waals surface area contributed by atoms with Gasteiger partial charge in [-0.05, 0) is 37.8 Å². The number of nitrogens with zero attached hydrogens (tertiary/aromatic N) is 2. The number of hydrogen-bond acceptors (Lipinski definition) is 4. The zero-order valence-corrected chi connectivity index (χ0v) is 12.0. The highest BCUT2D eigenvalue weighted by Gasteiger charge is 2.22. The van der Waals surface area contributed by atoms with E-state index in [1.807, 2.05) is 0 Å². The first-order chi connectivity index (χ1) is 9.52. The number of hydrogen-bond donors (Lipinski definition) is 0. The summed E-state index contributed by atoms with van der Waals surface area (Å²) in [6.45, 7) is 5.48. The molecule has 20 heavy (non-hydrogen) atoms. The Labute approximate surface area is 118 Å². The minimum absolute atomic E-state index is 0.107. The Bertz CT molecular complexity index is 520. The number of benzene rings is 1. The number of nitro groups is 1. The van der Waals surface area contributed by atoms with E-state index in [2.05, 4.69) is 11.8 Å². The van der Waals surface area contributed by atoms with E-state index in [1.54, 1.807) is 12.1 Å². The van der Waals surface area contributed by atoms with Gasteiger partial charge in [-0.25, -0.2) is 0 Å². The highest BCUT2D eigenvalue weighted by Crippen LogP contribution is 2.29. The highest BCUT2D eigenvalue weighted by atomic mass is 16.6. The standard InChI is InChI=1S/C15H20N2O3/c1-3-12-6-8-16(9-7-12)13-4-5-15(17(19)20)14(10-13)11(2)18/h4-5,10,12H,3,6-9H2,1-2H3. The van der Waals surface area contributed by atoms with Crippen LogP contribution in [0.1, 0.15) is 43.5 Å². The number of ketones is 1. The smallest absolute Gasteiger partial charge is 0.280 e. The van der Waals surface area contributed by atoms with Crippen LogP contribution in [0.15, 0.2) is 18.2 Å². The van der Waals surface area contributed by atoms with Crippen LogP contribution in [-0.4, -0.2) is 23.8 Å². The summed E-state index contributed by atoms with van der Waals surface area (Å²) in [5.41, 5.74) is 1.00. The summed E-state index contributed by atoms with van der Waals surface area (Å²) in [4.78, 5) is 24.2. The molecule has 0 spiro atoms. The van der Waals surface area contributed by atoms with E-state index in [1.165, 1.54) is 19.4 Å². The molecule has 1 aliphatic heterocycles. The van der Waals surface area contributed by atoms with Crippen molar-refractivity contribution in [3.63, 3.8) is 0 Å². The molecule has 1 aromatic rings. The third-order valence-electron chi connectivity index (χ3n) is 4.11. The summed E-state index contributed by atoms with van der Waals surface area (Å²) < 4.78 is 0. The molecule has 1 saturated heterocycles. The van der Waals surface area contributed by atoms with E-state index >= 15 is 0 Å². The molecule has 0 saturated carbocycles. The number of carbonyl (C=O) groups excluding carboxylic acids is 1. The molecular weight excluding hydrogens is 256 g/mol. The maximum absolute atomic E-state index is 11.6. The predicted molar refractivity (Wildman–Crippen MR) is 78.3 cm³/mol. The van der Waals surface area contributed by atoms with E-state index in [-0.39, 0.29) is 17.0 Å². The molecule has 108 valence electrons. The molecule has 5 heteroatoms. The molecular formula is C15H20N2O3. The second kappa shape index (κ2) is 6.03. The van der Waals surface area contributed by atoms with Crippen molar-refractivity contribution in [2.75, 3.05) is 18.0 Å². The van der Waals surface area contributed by atoms with Crippen LogP contribution in [0.3, 0.4) is 0 Å². The van der Waals surface area contributed by atoms with Gasteiger partial charge in [-0.2, -0.15) is 0 Å². The topological polar surface area (TPSA) is 63.4 Å². The fourth-order valence-electron chi connectivity index (χ4n) is 2.76. The fourth-order valence-corrected chi connectivity index (χ4v) is 2.76. The molecule has 0 unspecified atom stereocenters. The molecule has 0 radical (unpaired) electrons. The maximum Gasteiger partial charge on any atom is 0.280 e. The second-order valence-electron chi connectivity index (χ2n) is 5.35. The van der Waals surface area contributed by atoms with Crippen molar-refractivity contribution in [2.45, 2.75) is 33.1 Å². The van der Waals surface area contributed by atoms with Crippen LogP contribution in [0.25, 0.3) is 0 Å². The van der Waals surface area contributed by atoms with Crippen LogP contribution in [0, 0.1) is 16.0 Å². The largest absolute Gasteiger partial charge is 0.371 e. The van der Waals surface area contributed by atoms with Gasteiger partial charge in [0.15, 0.2) is 5.78 Å². The van der Waals surface area contributed by atoms with Gasteiger partial charge in [0.05, 0.1) is 10.5 Å². The highest BCUT2D eigenvalue weighted by molar-refractivity contribution is 5.99. The van der Waals surface area contributed by atoms with E-state index in [0.29, 0.717) is 0 Å². The van der Waals surface area contributed by atoms with E-state index in [4.69, 9.17) is 0 Å². The zero-order chi connectivity index (χ0) is 14.7. The van der Waals surface area contributed by atoms with Crippen molar-refractivity contribution in [2.24, 2.45) is 5.92 Å². The molecule has 0 N–H and O–H groups in total. The number of piperidine rings is 1. The number of rotatable bonds is 4. The van der Waals surface area contributed by atoms with Gasteiger partial charge in [-0.15, -0.1) is 0 Å². The van der Waals surface area contributed by atoms with E-state index < -0.39 is 4.92 Å². The Morgan fingerprint density at radius 2 is 2.05 bits per heavy atom. The first-order valence-electron chi connectivity index (χ1n) is 7.07. The van der Waals surface area contributed by atoms with Crippen LogP contribution in [0.2, 0.25) is 0 Å². The molecule has 1 heterocycles. The number of Topliss-reactive ketones (excluding diaryl/α,β-unsaturated/α-hetero) is 1. The van der Waals surface area contributed by atoms with Crippen LogP contribution in [0.5, 0.6) is 0 Å². The summed E-state index contributed by atoms with van der Waals surface area (Å²) in [5, 5.41) is 10.9. The first-order valence-corrected chi connectivity index (χ1v) is 7.07. The van der Waals surface area contributed by atoms with Gasteiger partial charge in [0, 0.05) is 24.8 Å². The molecule has 5 nitrogen and oxygen atoms in total. The normalized spacial score (nSPS) is 16.2. The van der Waals surface area contributed by atoms with Gasteiger partial charge in [-0.1, -0.05) is 13.3 Å². The van der Waals surface area contributed by atoms with Gasteiger partial charge in [0.2, 0.25) is 0 Å². The third kappa shape index (κ3) is 2.98. The van der Waals surface area contributed by atoms with Crippen molar-refractivity contribution >= 4 is 17.2 Å². The number of nitro benzene ring substituents is 1. The average molecular weight is 276 g/mol. The minimum atomic E-state index is -0.496. The van der Waals surface area contributed by atoms with Crippen molar-refractivity contribution in [3.05, 3.63) is 33.9 Å². The molecule has 1 aromatic carbocycles. The Hall–Kier alpha value is -1.91. The summed E-state index contributed by atoms with van der Waals surface area (Å²) in [5.74, 6) is 0.513. The summed E-state index contributed by atoms with van der Waals surface area (Å²) in [6, 6.07) is 4.85. The third-order valence-corrected chi connectivity index (χ3v) is 4.11. The van der Waals surface area contributed by atoms with Crippen molar-refractivity contribution in [1.82, 2.24) is 0 Å². The monoisotopic (exact) mass is 276 g/mol. The fraction of sp³-hybridized carbons (Fsp3) is 0.533. The van der Waals surface area contributed by atoms with Crippen LogP contribution >= 0.6 is 0 Å². The Kier molecular flexibility index (Phi) is 4.37. The lowest BCUT2D eigenvalue weighted by Crippen LogP contribution is -2.33. The first kappa shape index (κ1) is 14.5. The number of carbonyl (C=O) groups is 1. The van der Waals surface area contributed by atoms with Crippen LogP contribution in [0.4, 0.5) is 11.4 Å². The van der Waals surface area contributed by atoms with Crippen LogP contribution < -0.4 is 4.90 Å². The van der Waals surface area contributed by atoms with Gasteiger partial charge in [0.1, 0.15) is 0 Å². The molecule has 0 aliphatic carbocycles. The second-order valence-corrected chi connectivity index (χ2v) is 5.35. The summed E-state index contributed by atoms with van der Waals surface area (Å²) in [6.07, 6.45) is 3.48. The quantitative estimate of drug-likeness (QED) is 0.480. The van der Waals surface area contributed by atoms with E-state index in [0.717, 1.165) is 37.5 Å².